The van der Waals surface area contributed by atoms with E-state index in [1.54, 1.807) is 30.3 Å². The molecular weight excluding hydrogens is 383 g/mol. The van der Waals surface area contributed by atoms with Crippen molar-refractivity contribution in [2.45, 2.75) is 13.3 Å². The summed E-state index contributed by atoms with van der Waals surface area (Å²) in [4.78, 5) is 25.5. The first-order valence-electron chi connectivity index (χ1n) is 7.60. The largest absolute Gasteiger partial charge is 0.333 e. The van der Waals surface area contributed by atoms with Gasteiger partial charge in [0.25, 0.3) is 0 Å². The molecule has 0 saturated heterocycles. The van der Waals surface area contributed by atoms with Crippen molar-refractivity contribution in [3.8, 4) is 0 Å². The van der Waals surface area contributed by atoms with Crippen LogP contribution >= 0.6 is 34.8 Å². The van der Waals surface area contributed by atoms with Crippen LogP contribution in [0.4, 0.5) is 5.69 Å². The van der Waals surface area contributed by atoms with E-state index in [0.29, 0.717) is 33.7 Å². The van der Waals surface area contributed by atoms with Crippen molar-refractivity contribution in [1.29, 1.82) is 0 Å². The zero-order chi connectivity index (χ0) is 18.4. The summed E-state index contributed by atoms with van der Waals surface area (Å²) >= 11 is 17.8. The third kappa shape index (κ3) is 6.24. The summed E-state index contributed by atoms with van der Waals surface area (Å²) in [5, 5.41) is 4.18. The van der Waals surface area contributed by atoms with Gasteiger partial charge in [0.05, 0.1) is 17.3 Å². The van der Waals surface area contributed by atoms with Gasteiger partial charge in [-0.2, -0.15) is 0 Å². The smallest absolute Gasteiger partial charge is 0.244 e. The Kier molecular flexibility index (Phi) is 7.12. The quantitative estimate of drug-likeness (QED) is 0.767. The Morgan fingerprint density at radius 1 is 1.00 bits per heavy atom. The van der Waals surface area contributed by atoms with Crippen LogP contribution < -0.4 is 5.32 Å². The van der Waals surface area contributed by atoms with Crippen molar-refractivity contribution in [2.24, 2.45) is 0 Å². The number of rotatable bonds is 6. The Labute approximate surface area is 161 Å². The molecule has 0 aliphatic rings. The van der Waals surface area contributed by atoms with Crippen LogP contribution in [0, 0.1) is 0 Å². The molecule has 0 spiro atoms. The predicted molar refractivity (Wildman–Crippen MR) is 103 cm³/mol. The van der Waals surface area contributed by atoms with Gasteiger partial charge < -0.3 is 10.2 Å². The summed E-state index contributed by atoms with van der Waals surface area (Å²) < 4.78 is 0. The third-order valence-corrected chi connectivity index (χ3v) is 4.38. The van der Waals surface area contributed by atoms with Gasteiger partial charge in [-0.05, 0) is 42.3 Å². The van der Waals surface area contributed by atoms with Crippen LogP contribution in [0.3, 0.4) is 0 Å². The number of anilines is 1. The highest BCUT2D eigenvalue weighted by Gasteiger charge is 2.15. The van der Waals surface area contributed by atoms with Crippen LogP contribution in [0.1, 0.15) is 12.5 Å². The lowest BCUT2D eigenvalue weighted by atomic mass is 10.1. The minimum atomic E-state index is -0.338. The summed E-state index contributed by atoms with van der Waals surface area (Å²) in [5.41, 5.74) is 1.45. The molecule has 2 rings (SSSR count). The zero-order valence-corrected chi connectivity index (χ0v) is 15.8. The summed E-state index contributed by atoms with van der Waals surface area (Å²) in [5.74, 6) is -0.517. The molecular formula is C18H17Cl3N2O2. The Bertz CT molecular complexity index is 763. The molecule has 0 aromatic heterocycles. The van der Waals surface area contributed by atoms with Gasteiger partial charge in [-0.1, -0.05) is 46.9 Å². The third-order valence-electron chi connectivity index (χ3n) is 3.57. The number of hydrogen-bond acceptors (Lipinski definition) is 2. The number of nitrogens with one attached hydrogen (secondary N) is 1. The van der Waals surface area contributed by atoms with E-state index >= 15 is 0 Å². The molecule has 0 saturated carbocycles. The zero-order valence-electron chi connectivity index (χ0n) is 13.6. The highest BCUT2D eigenvalue weighted by Crippen LogP contribution is 2.25. The molecule has 0 aliphatic heterocycles. The van der Waals surface area contributed by atoms with Gasteiger partial charge in [-0.15, -0.1) is 0 Å². The van der Waals surface area contributed by atoms with E-state index in [9.17, 15) is 9.59 Å². The molecule has 2 aromatic rings. The molecule has 0 bridgehead atoms. The number of nitrogens with zero attached hydrogens (tertiary/aromatic N) is 1. The van der Waals surface area contributed by atoms with Gasteiger partial charge in [0.15, 0.2) is 0 Å². The SMILES string of the molecule is CC(=O)N(CCc1ccc(Cl)cc1)CC(=O)Nc1cc(Cl)ccc1Cl. The maximum Gasteiger partial charge on any atom is 0.244 e. The van der Waals surface area contributed by atoms with Gasteiger partial charge in [0.2, 0.25) is 11.8 Å². The molecule has 0 heterocycles. The molecule has 1 N–H and O–H groups in total. The van der Waals surface area contributed by atoms with Crippen LogP contribution in [0.5, 0.6) is 0 Å². The lowest BCUT2D eigenvalue weighted by Gasteiger charge is -2.21. The van der Waals surface area contributed by atoms with Crippen molar-refractivity contribution in [3.05, 3.63) is 63.1 Å². The minimum Gasteiger partial charge on any atom is -0.333 e. The number of carbonyl (C=O) groups excluding carboxylic acids is 2. The van der Waals surface area contributed by atoms with Crippen molar-refractivity contribution in [3.63, 3.8) is 0 Å². The van der Waals surface area contributed by atoms with E-state index < -0.39 is 0 Å². The first-order chi connectivity index (χ1) is 11.8. The standard InChI is InChI=1S/C18H17Cl3N2O2/c1-12(24)23(9-8-13-2-4-14(19)5-3-13)11-18(25)22-17-10-15(20)6-7-16(17)21/h2-7,10H,8-9,11H2,1H3,(H,22,25). The number of carbonyl (C=O) groups is 2. The molecule has 4 nitrogen and oxygen atoms in total. The van der Waals surface area contributed by atoms with Crippen LogP contribution in [-0.4, -0.2) is 29.8 Å². The van der Waals surface area contributed by atoms with Gasteiger partial charge >= 0.3 is 0 Å². The fourth-order valence-electron chi connectivity index (χ4n) is 2.22. The molecule has 0 atom stereocenters. The Morgan fingerprint density at radius 2 is 1.64 bits per heavy atom. The Hall–Kier alpha value is -1.75. The normalized spacial score (nSPS) is 10.4. The molecule has 0 aliphatic carbocycles. The fraction of sp³-hybridized carbons (Fsp3) is 0.222. The fourth-order valence-corrected chi connectivity index (χ4v) is 2.68. The molecule has 2 amide bonds. The topological polar surface area (TPSA) is 49.4 Å². The molecule has 0 fully saturated rings. The highest BCUT2D eigenvalue weighted by molar-refractivity contribution is 6.35. The van der Waals surface area contributed by atoms with Crippen LogP contribution in [0.2, 0.25) is 15.1 Å². The predicted octanol–water partition coefficient (Wildman–Crippen LogP) is 4.68. The van der Waals surface area contributed by atoms with E-state index in [1.807, 2.05) is 12.1 Å². The average molecular weight is 400 g/mol. The first kappa shape index (κ1) is 19.6. The number of benzene rings is 2. The van der Waals surface area contributed by atoms with Crippen LogP contribution in [-0.2, 0) is 16.0 Å². The Morgan fingerprint density at radius 3 is 2.28 bits per heavy atom. The molecule has 0 radical (unpaired) electrons. The lowest BCUT2D eigenvalue weighted by molar-refractivity contribution is -0.132. The first-order valence-corrected chi connectivity index (χ1v) is 8.73. The average Bonchev–Trinajstić information content (AvgIpc) is 2.56. The molecule has 0 unspecified atom stereocenters. The van der Waals surface area contributed by atoms with E-state index in [4.69, 9.17) is 34.8 Å². The van der Waals surface area contributed by atoms with Crippen LogP contribution in [0.25, 0.3) is 0 Å². The molecule has 7 heteroatoms. The van der Waals surface area contributed by atoms with Gasteiger partial charge in [-0.25, -0.2) is 0 Å². The molecule has 132 valence electrons. The van der Waals surface area contributed by atoms with Crippen molar-refractivity contribution in [1.82, 2.24) is 4.90 Å². The summed E-state index contributed by atoms with van der Waals surface area (Å²) in [6.07, 6.45) is 0.627. The lowest BCUT2D eigenvalue weighted by Crippen LogP contribution is -2.38. The summed E-state index contributed by atoms with van der Waals surface area (Å²) in [6.45, 7) is 1.79. The molecule has 25 heavy (non-hydrogen) atoms. The summed E-state index contributed by atoms with van der Waals surface area (Å²) in [6, 6.07) is 12.2. The number of halogens is 3. The van der Waals surface area contributed by atoms with E-state index in [0.717, 1.165) is 5.56 Å². The van der Waals surface area contributed by atoms with Crippen molar-refractivity contribution < 1.29 is 9.59 Å². The van der Waals surface area contributed by atoms with E-state index in [1.165, 1.54) is 11.8 Å². The van der Waals surface area contributed by atoms with E-state index in [2.05, 4.69) is 5.32 Å². The van der Waals surface area contributed by atoms with Crippen molar-refractivity contribution >= 4 is 52.3 Å². The maximum absolute atomic E-state index is 12.2. The monoisotopic (exact) mass is 398 g/mol. The van der Waals surface area contributed by atoms with Gasteiger partial charge in [-0.3, -0.25) is 9.59 Å². The van der Waals surface area contributed by atoms with Crippen LogP contribution in [0.15, 0.2) is 42.5 Å². The second-order valence-corrected chi connectivity index (χ2v) is 6.77. The maximum atomic E-state index is 12.2. The van der Waals surface area contributed by atoms with Gasteiger partial charge in [0, 0.05) is 23.5 Å². The van der Waals surface area contributed by atoms with Crippen molar-refractivity contribution in [2.75, 3.05) is 18.4 Å². The number of amides is 2. The van der Waals surface area contributed by atoms with E-state index in [-0.39, 0.29) is 18.4 Å². The Balaban J connectivity index is 1.95. The summed E-state index contributed by atoms with van der Waals surface area (Å²) in [7, 11) is 0. The number of hydrogen-bond donors (Lipinski definition) is 1. The molecule has 2 aromatic carbocycles. The second-order valence-electron chi connectivity index (χ2n) is 5.49. The second kappa shape index (κ2) is 9.09. The van der Waals surface area contributed by atoms with Gasteiger partial charge in [0.1, 0.15) is 0 Å². The highest BCUT2D eigenvalue weighted by atomic mass is 35.5. The minimum absolute atomic E-state index is 0.0637.